The van der Waals surface area contributed by atoms with Crippen LogP contribution in [-0.2, 0) is 4.43 Å². The first-order valence-electron chi connectivity index (χ1n) is 4.89. The minimum absolute atomic E-state index is 0.0320. The summed E-state index contributed by atoms with van der Waals surface area (Å²) in [5, 5.41) is 0. The first-order chi connectivity index (χ1) is 5.70. The Morgan fingerprint density at radius 2 is 1.92 bits per heavy atom. The molecule has 0 radical (unpaired) electrons. The summed E-state index contributed by atoms with van der Waals surface area (Å²) in [6.07, 6.45) is 5.40. The lowest BCUT2D eigenvalue weighted by molar-refractivity contribution is 0.0557. The van der Waals surface area contributed by atoms with Crippen molar-refractivity contribution in [3.8, 4) is 0 Å². The first-order valence-corrected chi connectivity index (χ1v) is 5.71. The van der Waals surface area contributed by atoms with E-state index in [2.05, 4.69) is 27.4 Å². The van der Waals surface area contributed by atoms with E-state index in [1.807, 2.05) is 6.08 Å². The predicted molar refractivity (Wildman–Crippen MR) is 58.3 cm³/mol. The van der Waals surface area contributed by atoms with Gasteiger partial charge < -0.3 is 4.43 Å². The quantitative estimate of drug-likeness (QED) is 0.456. The molecule has 0 saturated heterocycles. The highest BCUT2D eigenvalue weighted by atomic mass is 28.2. The van der Waals surface area contributed by atoms with Crippen LogP contribution in [0.1, 0.15) is 40.0 Å². The summed E-state index contributed by atoms with van der Waals surface area (Å²) < 4.78 is 5.70. The molecule has 0 bridgehead atoms. The van der Waals surface area contributed by atoms with Crippen molar-refractivity contribution in [1.82, 2.24) is 0 Å². The molecule has 0 spiro atoms. The van der Waals surface area contributed by atoms with Crippen molar-refractivity contribution in [1.29, 1.82) is 0 Å². The molecule has 1 nitrogen and oxygen atoms in total. The van der Waals surface area contributed by atoms with Crippen molar-refractivity contribution >= 4 is 10.5 Å². The average Bonchev–Trinajstić information content (AvgIpc) is 2.14. The molecule has 0 aliphatic heterocycles. The fraction of sp³-hybridized carbons (Fsp3) is 0.800. The smallest absolute Gasteiger partial charge is 0.147 e. The fourth-order valence-corrected chi connectivity index (χ4v) is 2.76. The molecule has 0 fully saturated rings. The van der Waals surface area contributed by atoms with E-state index in [4.69, 9.17) is 4.43 Å². The first kappa shape index (κ1) is 11.9. The molecule has 0 aliphatic rings. The fourth-order valence-electron chi connectivity index (χ4n) is 1.97. The molecule has 0 saturated carbocycles. The molecule has 1 unspecified atom stereocenters. The molecule has 12 heavy (non-hydrogen) atoms. The largest absolute Gasteiger partial charge is 0.419 e. The highest BCUT2D eigenvalue weighted by Crippen LogP contribution is 2.31. The minimum atomic E-state index is -0.0320. The Kier molecular flexibility index (Phi) is 5.50. The lowest BCUT2D eigenvalue weighted by Gasteiger charge is -2.36. The second-order valence-corrected chi connectivity index (χ2v) is 3.64. The molecule has 0 rings (SSSR count). The van der Waals surface area contributed by atoms with Crippen molar-refractivity contribution in [3.05, 3.63) is 12.7 Å². The molecule has 0 aromatic carbocycles. The topological polar surface area (TPSA) is 9.23 Å². The molecule has 0 heterocycles. The van der Waals surface area contributed by atoms with E-state index in [-0.39, 0.29) is 5.60 Å². The normalized spacial score (nSPS) is 16.3. The van der Waals surface area contributed by atoms with Gasteiger partial charge in [-0.1, -0.05) is 39.7 Å². The number of hydrogen-bond donors (Lipinski definition) is 0. The number of rotatable bonds is 6. The van der Waals surface area contributed by atoms with Gasteiger partial charge in [0.05, 0.1) is 5.60 Å². The monoisotopic (exact) mass is 186 g/mol. The Balaban J connectivity index is 4.53. The molecule has 2 heteroatoms. The third-order valence-corrected chi connectivity index (χ3v) is 3.71. The van der Waals surface area contributed by atoms with Crippen LogP contribution in [0.5, 0.6) is 0 Å². The molecule has 0 amide bonds. The second-order valence-electron chi connectivity index (χ2n) is 3.23. The van der Waals surface area contributed by atoms with Gasteiger partial charge in [0, 0.05) is 0 Å². The van der Waals surface area contributed by atoms with Crippen molar-refractivity contribution in [2.45, 2.75) is 45.6 Å². The molecule has 1 atom stereocenters. The van der Waals surface area contributed by atoms with Crippen LogP contribution in [0.15, 0.2) is 12.7 Å². The lowest BCUT2D eigenvalue weighted by Crippen LogP contribution is -2.37. The number of hydrogen-bond acceptors (Lipinski definition) is 1. The highest BCUT2D eigenvalue weighted by Gasteiger charge is 2.30. The van der Waals surface area contributed by atoms with Gasteiger partial charge in [0.15, 0.2) is 0 Å². The van der Waals surface area contributed by atoms with E-state index in [0.29, 0.717) is 5.92 Å². The van der Waals surface area contributed by atoms with Gasteiger partial charge in [-0.05, 0) is 12.3 Å². The predicted octanol–water partition coefficient (Wildman–Crippen LogP) is 2.05. The molecular formula is C10H22OSi. The average molecular weight is 186 g/mol. The lowest BCUT2D eigenvalue weighted by atomic mass is 9.81. The molecular weight excluding hydrogens is 164 g/mol. The zero-order chi connectivity index (χ0) is 9.61. The summed E-state index contributed by atoms with van der Waals surface area (Å²) in [7, 11) is 0.801. The third kappa shape index (κ3) is 2.20. The van der Waals surface area contributed by atoms with Gasteiger partial charge in [-0.25, -0.2) is 0 Å². The van der Waals surface area contributed by atoms with Crippen LogP contribution in [-0.4, -0.2) is 16.1 Å². The van der Waals surface area contributed by atoms with Gasteiger partial charge >= 0.3 is 0 Å². The van der Waals surface area contributed by atoms with Gasteiger partial charge in [-0.3, -0.25) is 0 Å². The van der Waals surface area contributed by atoms with Gasteiger partial charge in [-0.15, -0.1) is 6.58 Å². The summed E-state index contributed by atoms with van der Waals surface area (Å²) in [6, 6.07) is 0. The Morgan fingerprint density at radius 3 is 2.00 bits per heavy atom. The SMILES string of the molecule is C=CC(CC)(O[SiH3])C(CC)CC. The molecule has 0 aromatic heterocycles. The minimum Gasteiger partial charge on any atom is -0.419 e. The maximum Gasteiger partial charge on any atom is 0.147 e. The summed E-state index contributed by atoms with van der Waals surface area (Å²) in [5.41, 5.74) is -0.0320. The Bertz CT molecular complexity index is 126. The van der Waals surface area contributed by atoms with Gasteiger partial charge in [-0.2, -0.15) is 0 Å². The van der Waals surface area contributed by atoms with Crippen molar-refractivity contribution in [2.24, 2.45) is 5.92 Å². The van der Waals surface area contributed by atoms with Crippen LogP contribution >= 0.6 is 0 Å². The summed E-state index contributed by atoms with van der Waals surface area (Å²) in [6.45, 7) is 10.5. The summed E-state index contributed by atoms with van der Waals surface area (Å²) in [4.78, 5) is 0. The Labute approximate surface area is 79.7 Å². The van der Waals surface area contributed by atoms with Crippen molar-refractivity contribution in [2.75, 3.05) is 0 Å². The van der Waals surface area contributed by atoms with Crippen molar-refractivity contribution in [3.63, 3.8) is 0 Å². The van der Waals surface area contributed by atoms with E-state index in [1.54, 1.807) is 0 Å². The van der Waals surface area contributed by atoms with Gasteiger partial charge in [0.2, 0.25) is 0 Å². The van der Waals surface area contributed by atoms with Crippen LogP contribution in [0.25, 0.3) is 0 Å². The second kappa shape index (κ2) is 5.54. The molecule has 0 aromatic rings. The van der Waals surface area contributed by atoms with Crippen molar-refractivity contribution < 1.29 is 4.43 Å². The zero-order valence-electron chi connectivity index (χ0n) is 8.89. The molecule has 0 N–H and O–H groups in total. The maximum absolute atomic E-state index is 5.70. The maximum atomic E-state index is 5.70. The third-order valence-electron chi connectivity index (χ3n) is 2.95. The van der Waals surface area contributed by atoms with E-state index in [9.17, 15) is 0 Å². The van der Waals surface area contributed by atoms with Gasteiger partial charge in [0.1, 0.15) is 10.5 Å². The van der Waals surface area contributed by atoms with Crippen LogP contribution in [0.4, 0.5) is 0 Å². The molecule has 0 aliphatic carbocycles. The van der Waals surface area contributed by atoms with E-state index in [1.165, 1.54) is 12.8 Å². The Morgan fingerprint density at radius 1 is 1.42 bits per heavy atom. The van der Waals surface area contributed by atoms with Crippen LogP contribution in [0, 0.1) is 5.92 Å². The van der Waals surface area contributed by atoms with E-state index >= 15 is 0 Å². The van der Waals surface area contributed by atoms with Crippen LogP contribution in [0.2, 0.25) is 0 Å². The van der Waals surface area contributed by atoms with E-state index < -0.39 is 0 Å². The highest BCUT2D eigenvalue weighted by molar-refractivity contribution is 5.98. The van der Waals surface area contributed by atoms with Crippen LogP contribution < -0.4 is 0 Å². The van der Waals surface area contributed by atoms with E-state index in [0.717, 1.165) is 16.9 Å². The Hall–Kier alpha value is -0.0831. The molecule has 72 valence electrons. The standard InChI is InChI=1S/C10H22OSi/c1-5-9(6-2)10(7-3,8-4)11-12/h7,9H,3,5-6,8H2,1-2,4,12H3. The van der Waals surface area contributed by atoms with Crippen LogP contribution in [0.3, 0.4) is 0 Å². The zero-order valence-corrected chi connectivity index (χ0v) is 10.9. The summed E-state index contributed by atoms with van der Waals surface area (Å²) >= 11 is 0. The summed E-state index contributed by atoms with van der Waals surface area (Å²) in [5.74, 6) is 0.637. The van der Waals surface area contributed by atoms with Gasteiger partial charge in [0.25, 0.3) is 0 Å².